The smallest absolute Gasteiger partial charge is 0.326 e. The molecule has 33 heavy (non-hydrogen) atoms. The maximum absolute atomic E-state index is 13.2. The van der Waals surface area contributed by atoms with Crippen molar-refractivity contribution in [3.8, 4) is 5.75 Å². The van der Waals surface area contributed by atoms with Crippen LogP contribution in [0.2, 0.25) is 0 Å². The van der Waals surface area contributed by atoms with Crippen LogP contribution in [-0.2, 0) is 17.8 Å². The van der Waals surface area contributed by atoms with Gasteiger partial charge in [0, 0.05) is 16.3 Å². The molecule has 0 radical (unpaired) electrons. The number of carbonyl (C=O) groups excluding carboxylic acids is 1. The second kappa shape index (κ2) is 10.3. The molecule has 0 aliphatic carbocycles. The van der Waals surface area contributed by atoms with Crippen molar-refractivity contribution < 1.29 is 19.4 Å². The number of rotatable bonds is 8. The number of hydrogen-bond donors (Lipinski definition) is 2. The highest BCUT2D eigenvalue weighted by molar-refractivity contribution is 9.10. The Labute approximate surface area is 200 Å². The largest absolute Gasteiger partial charge is 0.487 e. The predicted molar refractivity (Wildman–Crippen MR) is 131 cm³/mol. The van der Waals surface area contributed by atoms with Gasteiger partial charge >= 0.3 is 5.97 Å². The lowest BCUT2D eigenvalue weighted by atomic mass is 10.0. The molecule has 4 aromatic carbocycles. The first-order valence-electron chi connectivity index (χ1n) is 10.5. The normalized spacial score (nSPS) is 11.7. The van der Waals surface area contributed by atoms with Crippen LogP contribution in [0.1, 0.15) is 21.5 Å². The van der Waals surface area contributed by atoms with Crippen LogP contribution in [0.15, 0.2) is 95.5 Å². The van der Waals surface area contributed by atoms with Crippen LogP contribution in [0.4, 0.5) is 0 Å². The van der Waals surface area contributed by atoms with E-state index >= 15 is 0 Å². The van der Waals surface area contributed by atoms with Crippen molar-refractivity contribution in [2.75, 3.05) is 0 Å². The molecule has 4 rings (SSSR count). The first-order valence-corrected chi connectivity index (χ1v) is 11.3. The summed E-state index contributed by atoms with van der Waals surface area (Å²) < 4.78 is 7.10. The summed E-state index contributed by atoms with van der Waals surface area (Å²) in [5, 5.41) is 14.1. The van der Waals surface area contributed by atoms with Crippen LogP contribution in [0.25, 0.3) is 10.8 Å². The maximum Gasteiger partial charge on any atom is 0.326 e. The zero-order chi connectivity index (χ0) is 23.2. The quantitative estimate of drug-likeness (QED) is 0.327. The second-order valence-electron chi connectivity index (χ2n) is 7.63. The van der Waals surface area contributed by atoms with Gasteiger partial charge in [-0.05, 0) is 34.7 Å². The van der Waals surface area contributed by atoms with Crippen LogP contribution in [-0.4, -0.2) is 23.0 Å². The van der Waals surface area contributed by atoms with Crippen molar-refractivity contribution in [2.24, 2.45) is 0 Å². The van der Waals surface area contributed by atoms with Gasteiger partial charge in [0.15, 0.2) is 0 Å². The van der Waals surface area contributed by atoms with Gasteiger partial charge in [0.25, 0.3) is 5.91 Å². The Balaban J connectivity index is 1.62. The Hall–Kier alpha value is -3.64. The summed E-state index contributed by atoms with van der Waals surface area (Å²) in [5.41, 5.74) is 2.07. The molecule has 0 bridgehead atoms. The molecule has 0 fully saturated rings. The van der Waals surface area contributed by atoms with Gasteiger partial charge in [-0.3, -0.25) is 4.79 Å². The van der Waals surface area contributed by atoms with Gasteiger partial charge in [-0.25, -0.2) is 4.79 Å². The Morgan fingerprint density at radius 1 is 0.848 bits per heavy atom. The molecule has 0 heterocycles. The standard InChI is InChI=1S/C27H22BrNO4/c28-21-13-10-19(11-14-21)17-33-25-22-9-5-4-8-20(22)12-15-23(25)26(30)29-24(27(31)32)16-18-6-2-1-3-7-18/h1-15,24H,16-17H2,(H,29,30)(H,31,32). The van der Waals surface area contributed by atoms with Crippen molar-refractivity contribution >= 4 is 38.6 Å². The molecule has 1 amide bonds. The third kappa shape index (κ3) is 5.59. The van der Waals surface area contributed by atoms with Crippen LogP contribution in [0.3, 0.4) is 0 Å². The average molecular weight is 504 g/mol. The summed E-state index contributed by atoms with van der Waals surface area (Å²) >= 11 is 3.42. The third-order valence-electron chi connectivity index (χ3n) is 5.31. The SMILES string of the molecule is O=C(NC(Cc1ccccc1)C(=O)O)c1ccc2ccccc2c1OCc1ccc(Br)cc1. The number of nitrogens with one attached hydrogen (secondary N) is 1. The highest BCUT2D eigenvalue weighted by Crippen LogP contribution is 2.31. The van der Waals surface area contributed by atoms with Gasteiger partial charge in [0.05, 0.1) is 5.56 Å². The van der Waals surface area contributed by atoms with Crippen LogP contribution >= 0.6 is 15.9 Å². The number of fused-ring (bicyclic) bond motifs is 1. The number of hydrogen-bond acceptors (Lipinski definition) is 3. The molecule has 1 atom stereocenters. The van der Waals surface area contributed by atoms with Gasteiger partial charge in [-0.1, -0.05) is 88.7 Å². The van der Waals surface area contributed by atoms with Crippen molar-refractivity contribution in [2.45, 2.75) is 19.1 Å². The maximum atomic E-state index is 13.2. The third-order valence-corrected chi connectivity index (χ3v) is 5.84. The first kappa shape index (κ1) is 22.6. The fraction of sp³-hybridized carbons (Fsp3) is 0.111. The fourth-order valence-electron chi connectivity index (χ4n) is 3.60. The highest BCUT2D eigenvalue weighted by atomic mass is 79.9. The summed E-state index contributed by atoms with van der Waals surface area (Å²) in [5.74, 6) is -1.16. The number of carbonyl (C=O) groups is 2. The highest BCUT2D eigenvalue weighted by Gasteiger charge is 2.24. The summed E-state index contributed by atoms with van der Waals surface area (Å²) in [6.45, 7) is 0.272. The molecule has 2 N–H and O–H groups in total. The minimum absolute atomic E-state index is 0.185. The van der Waals surface area contributed by atoms with Gasteiger partial charge in [0.2, 0.25) is 0 Å². The second-order valence-corrected chi connectivity index (χ2v) is 8.55. The number of ether oxygens (including phenoxy) is 1. The zero-order valence-electron chi connectivity index (χ0n) is 17.7. The summed E-state index contributed by atoms with van der Waals surface area (Å²) in [6.07, 6.45) is 0.185. The summed E-state index contributed by atoms with van der Waals surface area (Å²) in [7, 11) is 0. The lowest BCUT2D eigenvalue weighted by Crippen LogP contribution is -2.42. The Morgan fingerprint density at radius 2 is 1.55 bits per heavy atom. The van der Waals surface area contributed by atoms with E-state index in [4.69, 9.17) is 4.74 Å². The van der Waals surface area contributed by atoms with E-state index in [1.54, 1.807) is 6.07 Å². The Kier molecular flexibility index (Phi) is 7.05. The van der Waals surface area contributed by atoms with Crippen LogP contribution < -0.4 is 10.1 Å². The zero-order valence-corrected chi connectivity index (χ0v) is 19.3. The molecule has 0 saturated heterocycles. The van der Waals surface area contributed by atoms with E-state index in [-0.39, 0.29) is 13.0 Å². The number of aliphatic carboxylic acids is 1. The lowest BCUT2D eigenvalue weighted by molar-refractivity contribution is -0.139. The number of benzene rings is 4. The molecule has 0 aromatic heterocycles. The minimum atomic E-state index is -1.09. The van der Waals surface area contributed by atoms with Gasteiger partial charge < -0.3 is 15.2 Å². The molecule has 166 valence electrons. The Morgan fingerprint density at radius 3 is 2.27 bits per heavy atom. The van der Waals surface area contributed by atoms with E-state index in [0.29, 0.717) is 11.3 Å². The average Bonchev–Trinajstić information content (AvgIpc) is 2.83. The molecule has 5 nitrogen and oxygen atoms in total. The number of carboxylic acid groups (broad SMARTS) is 1. The fourth-order valence-corrected chi connectivity index (χ4v) is 3.86. The van der Waals surface area contributed by atoms with Crippen LogP contribution in [0.5, 0.6) is 5.75 Å². The molecule has 0 spiro atoms. The van der Waals surface area contributed by atoms with Crippen molar-refractivity contribution in [3.05, 3.63) is 112 Å². The predicted octanol–water partition coefficient (Wildman–Crippen LogP) is 5.61. The van der Waals surface area contributed by atoms with E-state index in [2.05, 4.69) is 21.2 Å². The first-order chi connectivity index (χ1) is 16.0. The molecule has 0 aliphatic rings. The van der Waals surface area contributed by atoms with Gasteiger partial charge in [-0.2, -0.15) is 0 Å². The molecule has 6 heteroatoms. The molecule has 4 aromatic rings. The Bertz CT molecular complexity index is 1270. The molecular formula is C27H22BrNO4. The topological polar surface area (TPSA) is 75.6 Å². The molecular weight excluding hydrogens is 482 g/mol. The van der Waals surface area contributed by atoms with E-state index in [0.717, 1.165) is 26.4 Å². The van der Waals surface area contributed by atoms with Gasteiger partial charge in [0.1, 0.15) is 18.4 Å². The van der Waals surface area contributed by atoms with Crippen molar-refractivity contribution in [3.63, 3.8) is 0 Å². The lowest BCUT2D eigenvalue weighted by Gasteiger charge is -2.18. The molecule has 0 saturated carbocycles. The van der Waals surface area contributed by atoms with E-state index in [9.17, 15) is 14.7 Å². The van der Waals surface area contributed by atoms with E-state index < -0.39 is 17.9 Å². The van der Waals surface area contributed by atoms with Crippen LogP contribution in [0, 0.1) is 0 Å². The molecule has 1 unspecified atom stereocenters. The summed E-state index contributed by atoms with van der Waals surface area (Å²) in [6, 6.07) is 27.0. The van der Waals surface area contributed by atoms with E-state index in [1.165, 1.54) is 0 Å². The van der Waals surface area contributed by atoms with E-state index in [1.807, 2.05) is 84.9 Å². The summed E-state index contributed by atoms with van der Waals surface area (Å²) in [4.78, 5) is 25.1. The minimum Gasteiger partial charge on any atom is -0.487 e. The molecule has 0 aliphatic heterocycles. The van der Waals surface area contributed by atoms with Crippen molar-refractivity contribution in [1.29, 1.82) is 0 Å². The number of carboxylic acids is 1. The number of halogens is 1. The monoisotopic (exact) mass is 503 g/mol. The number of amides is 1. The van der Waals surface area contributed by atoms with Gasteiger partial charge in [-0.15, -0.1) is 0 Å². The van der Waals surface area contributed by atoms with Crippen molar-refractivity contribution in [1.82, 2.24) is 5.32 Å².